The molecule has 1 rings (SSSR count). The second-order valence-electron chi connectivity index (χ2n) is 2.82. The molecule has 0 spiro atoms. The van der Waals surface area contributed by atoms with E-state index in [1.165, 1.54) is 18.2 Å². The van der Waals surface area contributed by atoms with Crippen LogP contribution < -0.4 is 10.5 Å². The first kappa shape index (κ1) is 12.9. The maximum absolute atomic E-state index is 11.6. The summed E-state index contributed by atoms with van der Waals surface area (Å²) < 4.78 is 43.3. The van der Waals surface area contributed by atoms with E-state index in [1.54, 1.807) is 0 Å². The Morgan fingerprint density at radius 2 is 1.94 bits per heavy atom. The molecule has 0 amide bonds. The Labute approximate surface area is 94.9 Å². The maximum Gasteiger partial charge on any atom is 0.522 e. The van der Waals surface area contributed by atoms with Gasteiger partial charge in [-0.25, -0.2) is 0 Å². The van der Waals surface area contributed by atoms with Crippen molar-refractivity contribution >= 4 is 17.3 Å². The van der Waals surface area contributed by atoms with Gasteiger partial charge in [0.1, 0.15) is 12.4 Å². The van der Waals surface area contributed by atoms with Crippen molar-refractivity contribution in [3.63, 3.8) is 0 Å². The SMILES string of the molecule is Nc1cc(Cl)ccc1OCCOC(F)(F)F. The van der Waals surface area contributed by atoms with Crippen LogP contribution in [0.25, 0.3) is 0 Å². The molecule has 0 aliphatic rings. The average Bonchev–Trinajstić information content (AvgIpc) is 2.13. The largest absolute Gasteiger partial charge is 0.522 e. The van der Waals surface area contributed by atoms with Crippen LogP contribution in [-0.2, 0) is 4.74 Å². The number of nitrogen functional groups attached to an aromatic ring is 1. The fraction of sp³-hybridized carbons (Fsp3) is 0.333. The molecule has 0 aliphatic heterocycles. The van der Waals surface area contributed by atoms with Crippen molar-refractivity contribution in [2.45, 2.75) is 6.36 Å². The molecule has 0 fully saturated rings. The van der Waals surface area contributed by atoms with Gasteiger partial charge >= 0.3 is 6.36 Å². The smallest absolute Gasteiger partial charge is 0.489 e. The van der Waals surface area contributed by atoms with Crippen molar-refractivity contribution < 1.29 is 22.6 Å². The van der Waals surface area contributed by atoms with Crippen LogP contribution in [0.2, 0.25) is 5.02 Å². The quantitative estimate of drug-likeness (QED) is 0.665. The minimum absolute atomic E-state index is 0.245. The zero-order valence-electron chi connectivity index (χ0n) is 8.05. The van der Waals surface area contributed by atoms with E-state index in [9.17, 15) is 13.2 Å². The molecule has 0 unspecified atom stereocenters. The average molecular weight is 256 g/mol. The van der Waals surface area contributed by atoms with Gasteiger partial charge < -0.3 is 10.5 Å². The van der Waals surface area contributed by atoms with E-state index >= 15 is 0 Å². The summed E-state index contributed by atoms with van der Waals surface area (Å²) in [6, 6.07) is 4.45. The van der Waals surface area contributed by atoms with Gasteiger partial charge in [-0.05, 0) is 18.2 Å². The Balaban J connectivity index is 2.38. The van der Waals surface area contributed by atoms with Crippen molar-refractivity contribution in [1.29, 1.82) is 0 Å². The second kappa shape index (κ2) is 5.27. The summed E-state index contributed by atoms with van der Waals surface area (Å²) in [4.78, 5) is 0. The molecule has 1 aromatic rings. The summed E-state index contributed by atoms with van der Waals surface area (Å²) >= 11 is 5.63. The van der Waals surface area contributed by atoms with Gasteiger partial charge in [-0.3, -0.25) is 4.74 Å². The number of rotatable bonds is 4. The van der Waals surface area contributed by atoms with Gasteiger partial charge in [0.2, 0.25) is 0 Å². The van der Waals surface area contributed by atoms with Crippen LogP contribution in [-0.4, -0.2) is 19.6 Å². The summed E-state index contributed by atoms with van der Waals surface area (Å²) in [5.74, 6) is 0.273. The number of alkyl halides is 3. The van der Waals surface area contributed by atoms with E-state index in [-0.39, 0.29) is 18.0 Å². The van der Waals surface area contributed by atoms with E-state index in [0.29, 0.717) is 5.02 Å². The van der Waals surface area contributed by atoms with Crippen molar-refractivity contribution in [3.8, 4) is 5.75 Å². The highest BCUT2D eigenvalue weighted by Crippen LogP contribution is 2.25. The number of anilines is 1. The van der Waals surface area contributed by atoms with Crippen LogP contribution in [0, 0.1) is 0 Å². The first-order valence-electron chi connectivity index (χ1n) is 4.27. The first-order chi connectivity index (χ1) is 7.38. The maximum atomic E-state index is 11.6. The predicted molar refractivity (Wildman–Crippen MR) is 53.4 cm³/mol. The monoisotopic (exact) mass is 255 g/mol. The first-order valence-corrected chi connectivity index (χ1v) is 4.65. The van der Waals surface area contributed by atoms with Crippen LogP contribution >= 0.6 is 11.6 Å². The van der Waals surface area contributed by atoms with Crippen molar-refractivity contribution in [1.82, 2.24) is 0 Å². The molecule has 1 aromatic carbocycles. The van der Waals surface area contributed by atoms with Crippen LogP contribution in [0.5, 0.6) is 5.75 Å². The summed E-state index contributed by atoms with van der Waals surface area (Å²) in [5, 5.41) is 0.427. The Morgan fingerprint density at radius 1 is 1.25 bits per heavy atom. The Bertz CT molecular complexity index is 357. The molecule has 3 nitrogen and oxygen atoms in total. The number of hydrogen-bond acceptors (Lipinski definition) is 3. The second-order valence-corrected chi connectivity index (χ2v) is 3.26. The van der Waals surface area contributed by atoms with Crippen LogP contribution in [0.4, 0.5) is 18.9 Å². The lowest BCUT2D eigenvalue weighted by molar-refractivity contribution is -0.325. The molecule has 0 radical (unpaired) electrons. The molecule has 0 saturated carbocycles. The number of ether oxygens (including phenoxy) is 2. The Morgan fingerprint density at radius 3 is 2.50 bits per heavy atom. The van der Waals surface area contributed by atoms with Crippen molar-refractivity contribution in [3.05, 3.63) is 23.2 Å². The lowest BCUT2D eigenvalue weighted by Gasteiger charge is -2.10. The Hall–Kier alpha value is -1.14. The van der Waals surface area contributed by atoms with Gasteiger partial charge in [0.05, 0.1) is 12.3 Å². The summed E-state index contributed by atoms with van der Waals surface area (Å²) in [6.07, 6.45) is -4.64. The molecule has 0 aromatic heterocycles. The topological polar surface area (TPSA) is 44.5 Å². The zero-order valence-corrected chi connectivity index (χ0v) is 8.81. The molecule has 2 N–H and O–H groups in total. The molecular weight excluding hydrogens is 247 g/mol. The van der Waals surface area contributed by atoms with E-state index < -0.39 is 13.0 Å². The number of hydrogen-bond donors (Lipinski definition) is 1. The van der Waals surface area contributed by atoms with Gasteiger partial charge in [0, 0.05) is 5.02 Å². The molecule has 0 saturated heterocycles. The third-order valence-electron chi connectivity index (χ3n) is 1.58. The highest BCUT2D eigenvalue weighted by atomic mass is 35.5. The van der Waals surface area contributed by atoms with E-state index in [0.717, 1.165) is 0 Å². The predicted octanol–water partition coefficient (Wildman–Crippen LogP) is 2.84. The zero-order chi connectivity index (χ0) is 12.2. The van der Waals surface area contributed by atoms with E-state index in [4.69, 9.17) is 22.1 Å². The lowest BCUT2D eigenvalue weighted by atomic mass is 10.3. The molecule has 0 bridgehead atoms. The van der Waals surface area contributed by atoms with E-state index in [2.05, 4.69) is 4.74 Å². The highest BCUT2D eigenvalue weighted by molar-refractivity contribution is 6.30. The van der Waals surface area contributed by atoms with Crippen molar-refractivity contribution in [2.75, 3.05) is 18.9 Å². The normalized spacial score (nSPS) is 11.5. The van der Waals surface area contributed by atoms with Crippen molar-refractivity contribution in [2.24, 2.45) is 0 Å². The summed E-state index contributed by atoms with van der Waals surface area (Å²) in [6.45, 7) is -0.836. The molecule has 0 heterocycles. The molecule has 90 valence electrons. The van der Waals surface area contributed by atoms with Gasteiger partial charge in [0.25, 0.3) is 0 Å². The van der Waals surface area contributed by atoms with E-state index in [1.807, 2.05) is 0 Å². The third kappa shape index (κ3) is 4.59. The van der Waals surface area contributed by atoms with Gasteiger partial charge in [-0.15, -0.1) is 13.2 Å². The lowest BCUT2D eigenvalue weighted by Crippen LogP contribution is -2.18. The molecular formula is C9H9ClF3NO2. The van der Waals surface area contributed by atoms with Crippen LogP contribution in [0.15, 0.2) is 18.2 Å². The van der Waals surface area contributed by atoms with Crippen LogP contribution in [0.1, 0.15) is 0 Å². The number of halogens is 4. The molecule has 16 heavy (non-hydrogen) atoms. The standard InChI is InChI=1S/C9H9ClF3NO2/c10-6-1-2-8(7(14)5-6)15-3-4-16-9(11,12)13/h1-2,5H,3-4,14H2. The van der Waals surface area contributed by atoms with Gasteiger partial charge in [0.15, 0.2) is 0 Å². The number of nitrogens with two attached hydrogens (primary N) is 1. The minimum Gasteiger partial charge on any atom is -0.489 e. The molecule has 0 aliphatic carbocycles. The Kier molecular flexibility index (Phi) is 4.26. The highest BCUT2D eigenvalue weighted by Gasteiger charge is 2.28. The fourth-order valence-electron chi connectivity index (χ4n) is 0.960. The summed E-state index contributed by atoms with van der Waals surface area (Å²) in [7, 11) is 0. The molecule has 7 heteroatoms. The van der Waals surface area contributed by atoms with Gasteiger partial charge in [-0.2, -0.15) is 0 Å². The minimum atomic E-state index is -4.64. The molecule has 0 atom stereocenters. The fourth-order valence-corrected chi connectivity index (χ4v) is 1.14. The summed E-state index contributed by atoms with van der Waals surface area (Å²) in [5.41, 5.74) is 5.78. The van der Waals surface area contributed by atoms with Crippen LogP contribution in [0.3, 0.4) is 0 Å². The number of benzene rings is 1. The van der Waals surface area contributed by atoms with Gasteiger partial charge in [-0.1, -0.05) is 11.6 Å². The third-order valence-corrected chi connectivity index (χ3v) is 1.81.